The number of aliphatic hydroxyl groups is 2. The molecule has 0 fully saturated rings. The van der Waals surface area contributed by atoms with E-state index >= 15 is 0 Å². The Kier molecular flexibility index (Phi) is 7.66. The quantitative estimate of drug-likeness (QED) is 0.390. The third kappa shape index (κ3) is 4.92. The van der Waals surface area contributed by atoms with E-state index in [1.54, 1.807) is 30.6 Å². The van der Waals surface area contributed by atoms with Crippen molar-refractivity contribution in [1.82, 2.24) is 0 Å². The van der Waals surface area contributed by atoms with Crippen molar-refractivity contribution in [2.24, 2.45) is 5.41 Å². The van der Waals surface area contributed by atoms with Gasteiger partial charge in [0.25, 0.3) is 0 Å². The molecule has 0 aromatic heterocycles. The van der Waals surface area contributed by atoms with E-state index in [1.165, 1.54) is 35.9 Å². The Labute approximate surface area is 215 Å². The topological polar surface area (TPSA) is 49.7 Å². The van der Waals surface area contributed by atoms with Crippen molar-refractivity contribution in [2.45, 2.75) is 0 Å². The standard InChI is InChI=1S/C20H18O3S8/c1-23-12-4-2-11(3-5-12)13-6-24-16-17(27-13)31-19(30-16)18-28-14-15(29-18)26-10-20(7-21,8-22)9-25-14/h2-6,21-22H,7-10H2,1H3. The van der Waals surface area contributed by atoms with E-state index in [2.05, 4.69) is 17.5 Å². The Bertz CT molecular complexity index is 984. The van der Waals surface area contributed by atoms with Gasteiger partial charge in [-0.1, -0.05) is 82.7 Å². The summed E-state index contributed by atoms with van der Waals surface area (Å²) in [6.45, 7) is 0.0708. The smallest absolute Gasteiger partial charge is 0.118 e. The van der Waals surface area contributed by atoms with Gasteiger partial charge in [-0.3, -0.25) is 0 Å². The average Bonchev–Trinajstić information content (AvgIpc) is 3.39. The predicted octanol–water partition coefficient (Wildman–Crippen LogP) is 7.26. The molecular weight excluding hydrogens is 545 g/mol. The van der Waals surface area contributed by atoms with E-state index in [1.807, 2.05) is 82.7 Å². The molecule has 0 radical (unpaired) electrons. The van der Waals surface area contributed by atoms with Crippen molar-refractivity contribution >= 4 is 99.0 Å². The zero-order chi connectivity index (χ0) is 21.4. The van der Waals surface area contributed by atoms with Crippen LogP contribution in [0.1, 0.15) is 5.56 Å². The SMILES string of the molecule is COc1ccc(C2=CSC3=C(S2)SC(=C2SC4=C(SCC(CO)(CO)CS4)S2)S3)cc1. The third-order valence-electron chi connectivity index (χ3n) is 4.78. The van der Waals surface area contributed by atoms with Crippen molar-refractivity contribution in [3.8, 4) is 5.75 Å². The van der Waals surface area contributed by atoms with Crippen molar-refractivity contribution in [2.75, 3.05) is 31.8 Å². The Hall–Kier alpha value is 0.700. The summed E-state index contributed by atoms with van der Waals surface area (Å²) in [7, 11) is 1.69. The molecule has 11 heteroatoms. The number of hydrogen-bond acceptors (Lipinski definition) is 11. The maximum atomic E-state index is 9.75. The normalized spacial score (nSPS) is 23.0. The molecular formula is C20H18O3S8. The van der Waals surface area contributed by atoms with Crippen molar-refractivity contribution in [3.63, 3.8) is 0 Å². The summed E-state index contributed by atoms with van der Waals surface area (Å²) < 4.78 is 13.4. The maximum absolute atomic E-state index is 9.75. The second kappa shape index (κ2) is 10.1. The van der Waals surface area contributed by atoms with Crippen molar-refractivity contribution in [3.05, 3.63) is 60.7 Å². The summed E-state index contributed by atoms with van der Waals surface area (Å²) in [4.78, 5) is 1.28. The highest BCUT2D eigenvalue weighted by Gasteiger charge is 2.38. The first-order valence-corrected chi connectivity index (χ1v) is 16.2. The lowest BCUT2D eigenvalue weighted by Gasteiger charge is -2.27. The van der Waals surface area contributed by atoms with E-state index in [4.69, 9.17) is 4.74 Å². The summed E-state index contributed by atoms with van der Waals surface area (Å²) in [5.74, 6) is 2.40. The molecule has 1 aromatic carbocycles. The molecule has 0 bridgehead atoms. The molecule has 4 aliphatic rings. The first kappa shape index (κ1) is 23.4. The maximum Gasteiger partial charge on any atom is 0.118 e. The third-order valence-corrected chi connectivity index (χ3v) is 17.0. The first-order valence-electron chi connectivity index (χ1n) is 9.24. The van der Waals surface area contributed by atoms with E-state index in [0.29, 0.717) is 0 Å². The molecule has 5 rings (SSSR count). The summed E-state index contributed by atoms with van der Waals surface area (Å²) in [5.41, 5.74) is 0.834. The fraction of sp³-hybridized carbons (Fsp3) is 0.300. The molecule has 0 unspecified atom stereocenters. The Morgan fingerprint density at radius 1 is 0.774 bits per heavy atom. The fourth-order valence-corrected chi connectivity index (χ4v) is 15.1. The first-order chi connectivity index (χ1) is 15.1. The Morgan fingerprint density at radius 3 is 1.90 bits per heavy atom. The van der Waals surface area contributed by atoms with Crippen LogP contribution in [-0.2, 0) is 0 Å². The highest BCUT2D eigenvalue weighted by atomic mass is 32.3. The number of rotatable bonds is 4. The summed E-state index contributed by atoms with van der Waals surface area (Å²) in [6, 6.07) is 8.26. The fourth-order valence-electron chi connectivity index (χ4n) is 2.85. The van der Waals surface area contributed by atoms with Crippen LogP contribution in [0, 0.1) is 5.41 Å². The molecule has 2 N–H and O–H groups in total. The minimum absolute atomic E-state index is 0.0354. The van der Waals surface area contributed by atoms with Gasteiger partial charge in [0.1, 0.15) is 5.75 Å². The number of benzene rings is 1. The molecule has 164 valence electrons. The van der Waals surface area contributed by atoms with E-state index < -0.39 is 0 Å². The largest absolute Gasteiger partial charge is 0.497 e. The lowest BCUT2D eigenvalue weighted by molar-refractivity contribution is 0.0935. The van der Waals surface area contributed by atoms with Gasteiger partial charge in [0, 0.05) is 21.8 Å². The van der Waals surface area contributed by atoms with Crippen LogP contribution in [0.2, 0.25) is 0 Å². The van der Waals surface area contributed by atoms with Gasteiger partial charge in [-0.15, -0.1) is 23.5 Å². The molecule has 3 nitrogen and oxygen atoms in total. The molecule has 0 spiro atoms. The van der Waals surface area contributed by atoms with Crippen LogP contribution in [0.15, 0.2) is 55.1 Å². The highest BCUT2D eigenvalue weighted by molar-refractivity contribution is 8.46. The van der Waals surface area contributed by atoms with Gasteiger partial charge >= 0.3 is 0 Å². The molecule has 31 heavy (non-hydrogen) atoms. The minimum Gasteiger partial charge on any atom is -0.497 e. The van der Waals surface area contributed by atoms with Crippen LogP contribution >= 0.6 is 94.1 Å². The van der Waals surface area contributed by atoms with Crippen LogP contribution in [0.4, 0.5) is 0 Å². The summed E-state index contributed by atoms with van der Waals surface area (Å²) >= 11 is 14.7. The van der Waals surface area contributed by atoms with Gasteiger partial charge in [0.2, 0.25) is 0 Å². The van der Waals surface area contributed by atoms with Crippen LogP contribution in [0.5, 0.6) is 5.75 Å². The second-order valence-corrected chi connectivity index (χ2v) is 16.5. The number of thioether (sulfide) groups is 8. The molecule has 0 saturated carbocycles. The molecule has 4 heterocycles. The Balaban J connectivity index is 1.24. The van der Waals surface area contributed by atoms with Gasteiger partial charge in [0.15, 0.2) is 0 Å². The molecule has 0 aliphatic carbocycles. The second-order valence-electron chi connectivity index (χ2n) is 6.96. The van der Waals surface area contributed by atoms with Gasteiger partial charge in [0.05, 0.1) is 45.7 Å². The summed E-state index contributed by atoms with van der Waals surface area (Å²) in [5, 5.41) is 21.7. The molecule has 4 aliphatic heterocycles. The van der Waals surface area contributed by atoms with E-state index in [9.17, 15) is 10.2 Å². The lowest BCUT2D eigenvalue weighted by atomic mass is 9.96. The van der Waals surface area contributed by atoms with Crippen molar-refractivity contribution < 1.29 is 14.9 Å². The van der Waals surface area contributed by atoms with Crippen LogP contribution in [-0.4, -0.2) is 42.0 Å². The zero-order valence-corrected chi connectivity index (χ0v) is 22.8. The number of hydrogen-bond donors (Lipinski definition) is 2. The molecule has 0 saturated heterocycles. The van der Waals surface area contributed by atoms with E-state index in [-0.39, 0.29) is 18.6 Å². The van der Waals surface area contributed by atoms with Crippen LogP contribution in [0.25, 0.3) is 4.91 Å². The van der Waals surface area contributed by atoms with Gasteiger partial charge in [-0.05, 0) is 23.1 Å². The molecule has 0 atom stereocenters. The van der Waals surface area contributed by atoms with Gasteiger partial charge < -0.3 is 14.9 Å². The molecule has 1 aromatic rings. The minimum atomic E-state index is -0.386. The monoisotopic (exact) mass is 562 g/mol. The molecule has 0 amide bonds. The van der Waals surface area contributed by atoms with Crippen molar-refractivity contribution in [1.29, 1.82) is 0 Å². The van der Waals surface area contributed by atoms with Gasteiger partial charge in [-0.25, -0.2) is 0 Å². The van der Waals surface area contributed by atoms with Crippen LogP contribution in [0.3, 0.4) is 0 Å². The number of aliphatic hydroxyl groups excluding tert-OH is 2. The average molecular weight is 563 g/mol. The lowest BCUT2D eigenvalue weighted by Crippen LogP contribution is -2.34. The van der Waals surface area contributed by atoms with E-state index in [0.717, 1.165) is 17.3 Å². The van der Waals surface area contributed by atoms with Crippen LogP contribution < -0.4 is 4.74 Å². The van der Waals surface area contributed by atoms with Gasteiger partial charge in [-0.2, -0.15) is 0 Å². The predicted molar refractivity (Wildman–Crippen MR) is 149 cm³/mol. The highest BCUT2D eigenvalue weighted by Crippen LogP contribution is 2.69. The zero-order valence-electron chi connectivity index (χ0n) is 16.3. The Morgan fingerprint density at radius 2 is 1.32 bits per heavy atom. The number of ether oxygens (including phenoxy) is 1. The number of methoxy groups -OCH3 is 1. The summed E-state index contributed by atoms with van der Waals surface area (Å²) in [6.07, 6.45) is 0.